The average Bonchev–Trinajstić information content (AvgIpc) is 3.18. The largest absolute Gasteiger partial charge is 0.353 e. The smallest absolute Gasteiger partial charge is 0.230 e. The minimum atomic E-state index is 0.0735. The van der Waals surface area contributed by atoms with Gasteiger partial charge in [-0.05, 0) is 24.3 Å². The fraction of sp³-hybridized carbons (Fsp3) is 0.462. The van der Waals surface area contributed by atoms with Crippen molar-refractivity contribution in [2.75, 3.05) is 5.75 Å². The van der Waals surface area contributed by atoms with Gasteiger partial charge in [-0.2, -0.15) is 0 Å². The Balaban J connectivity index is 1.49. The number of aromatic amines is 1. The standard InChI is InChI=1S/C13H16N4OS2/c18-11(14-9-4-1-2-5-9)8-20-13-15-12(16-17-13)10-6-3-7-19-10/h3,6-7,9H,1-2,4-5,8H2,(H,14,18)(H,15,16,17). The zero-order valence-corrected chi connectivity index (χ0v) is 12.6. The van der Waals surface area contributed by atoms with Gasteiger partial charge in [-0.15, -0.1) is 16.4 Å². The van der Waals surface area contributed by atoms with E-state index in [1.54, 1.807) is 11.3 Å². The number of hydrogen-bond acceptors (Lipinski definition) is 5. The summed E-state index contributed by atoms with van der Waals surface area (Å²) in [5, 5.41) is 12.7. The normalized spacial score (nSPS) is 15.6. The third kappa shape index (κ3) is 3.40. The second-order valence-corrected chi connectivity index (χ2v) is 6.67. The Labute approximate surface area is 125 Å². The summed E-state index contributed by atoms with van der Waals surface area (Å²) < 4.78 is 0. The Morgan fingerprint density at radius 2 is 2.35 bits per heavy atom. The highest BCUT2D eigenvalue weighted by molar-refractivity contribution is 7.99. The maximum Gasteiger partial charge on any atom is 0.230 e. The van der Waals surface area contributed by atoms with Crippen molar-refractivity contribution >= 4 is 29.0 Å². The first-order valence-corrected chi connectivity index (χ1v) is 8.56. The van der Waals surface area contributed by atoms with E-state index in [-0.39, 0.29) is 5.91 Å². The van der Waals surface area contributed by atoms with Crippen molar-refractivity contribution in [3.63, 3.8) is 0 Å². The number of hydrogen-bond donors (Lipinski definition) is 2. The van der Waals surface area contributed by atoms with Crippen LogP contribution < -0.4 is 5.32 Å². The summed E-state index contributed by atoms with van der Waals surface area (Å²) >= 11 is 2.98. The highest BCUT2D eigenvalue weighted by Gasteiger charge is 2.17. The number of rotatable bonds is 5. The van der Waals surface area contributed by atoms with Crippen molar-refractivity contribution in [3.8, 4) is 10.7 Å². The molecule has 0 unspecified atom stereocenters. The molecule has 0 radical (unpaired) electrons. The second-order valence-electron chi connectivity index (χ2n) is 4.78. The van der Waals surface area contributed by atoms with Crippen molar-refractivity contribution in [1.82, 2.24) is 20.5 Å². The molecule has 2 aromatic rings. The van der Waals surface area contributed by atoms with Crippen LogP contribution in [0.15, 0.2) is 22.7 Å². The molecular weight excluding hydrogens is 292 g/mol. The van der Waals surface area contributed by atoms with Crippen LogP contribution >= 0.6 is 23.1 Å². The summed E-state index contributed by atoms with van der Waals surface area (Å²) in [6.45, 7) is 0. The van der Waals surface area contributed by atoms with Gasteiger partial charge < -0.3 is 5.32 Å². The summed E-state index contributed by atoms with van der Waals surface area (Å²) in [6.07, 6.45) is 4.67. The molecule has 0 spiro atoms. The summed E-state index contributed by atoms with van der Waals surface area (Å²) in [7, 11) is 0. The maximum atomic E-state index is 11.8. The van der Waals surface area contributed by atoms with Crippen LogP contribution in [-0.4, -0.2) is 32.9 Å². The molecule has 2 N–H and O–H groups in total. The van der Waals surface area contributed by atoms with E-state index in [1.165, 1.54) is 24.6 Å². The Bertz CT molecular complexity index is 561. The zero-order chi connectivity index (χ0) is 13.8. The number of nitrogens with zero attached hydrogens (tertiary/aromatic N) is 2. The van der Waals surface area contributed by atoms with E-state index in [9.17, 15) is 4.79 Å². The van der Waals surface area contributed by atoms with Crippen LogP contribution in [0, 0.1) is 0 Å². The van der Waals surface area contributed by atoms with Gasteiger partial charge in [0.15, 0.2) is 5.82 Å². The quantitative estimate of drug-likeness (QED) is 0.833. The highest BCUT2D eigenvalue weighted by atomic mass is 32.2. The van der Waals surface area contributed by atoms with Gasteiger partial charge in [-0.1, -0.05) is 30.7 Å². The molecule has 1 amide bonds. The third-order valence-electron chi connectivity index (χ3n) is 3.27. The Hall–Kier alpha value is -1.34. The van der Waals surface area contributed by atoms with E-state index in [1.807, 2.05) is 17.5 Å². The van der Waals surface area contributed by atoms with Gasteiger partial charge in [-0.3, -0.25) is 9.89 Å². The maximum absolute atomic E-state index is 11.8. The molecule has 106 valence electrons. The van der Waals surface area contributed by atoms with E-state index in [0.717, 1.165) is 23.5 Å². The van der Waals surface area contributed by atoms with Gasteiger partial charge in [0, 0.05) is 6.04 Å². The van der Waals surface area contributed by atoms with Gasteiger partial charge in [0.1, 0.15) is 0 Å². The topological polar surface area (TPSA) is 70.7 Å². The van der Waals surface area contributed by atoms with Crippen molar-refractivity contribution < 1.29 is 4.79 Å². The molecule has 0 aliphatic heterocycles. The van der Waals surface area contributed by atoms with Gasteiger partial charge in [-0.25, -0.2) is 4.98 Å². The number of carbonyl (C=O) groups is 1. The number of H-pyrrole nitrogens is 1. The van der Waals surface area contributed by atoms with Crippen LogP contribution in [0.1, 0.15) is 25.7 Å². The van der Waals surface area contributed by atoms with Crippen molar-refractivity contribution in [1.29, 1.82) is 0 Å². The van der Waals surface area contributed by atoms with Crippen LogP contribution in [0.2, 0.25) is 0 Å². The van der Waals surface area contributed by atoms with E-state index in [0.29, 0.717) is 17.0 Å². The summed E-state index contributed by atoms with van der Waals surface area (Å²) in [4.78, 5) is 17.3. The molecule has 0 bridgehead atoms. The minimum Gasteiger partial charge on any atom is -0.353 e. The number of amides is 1. The summed E-state index contributed by atoms with van der Waals surface area (Å²) in [5.74, 6) is 1.21. The lowest BCUT2D eigenvalue weighted by Gasteiger charge is -2.10. The molecule has 1 fully saturated rings. The highest BCUT2D eigenvalue weighted by Crippen LogP contribution is 2.23. The Kier molecular flexibility index (Phi) is 4.37. The first-order chi connectivity index (χ1) is 9.81. The molecule has 20 heavy (non-hydrogen) atoms. The Morgan fingerprint density at radius 1 is 1.50 bits per heavy atom. The zero-order valence-electron chi connectivity index (χ0n) is 11.0. The first kappa shape index (κ1) is 13.6. The Morgan fingerprint density at radius 3 is 3.10 bits per heavy atom. The molecule has 1 saturated carbocycles. The lowest BCUT2D eigenvalue weighted by molar-refractivity contribution is -0.119. The van der Waals surface area contributed by atoms with E-state index >= 15 is 0 Å². The first-order valence-electron chi connectivity index (χ1n) is 6.70. The van der Waals surface area contributed by atoms with Crippen LogP contribution in [0.3, 0.4) is 0 Å². The molecule has 2 heterocycles. The molecule has 3 rings (SSSR count). The van der Waals surface area contributed by atoms with Crippen molar-refractivity contribution in [2.24, 2.45) is 0 Å². The van der Waals surface area contributed by atoms with Gasteiger partial charge in [0.25, 0.3) is 0 Å². The predicted octanol–water partition coefficient (Wildman–Crippen LogP) is 2.68. The van der Waals surface area contributed by atoms with E-state index in [4.69, 9.17) is 0 Å². The predicted molar refractivity (Wildman–Crippen MR) is 80.8 cm³/mol. The molecule has 2 aromatic heterocycles. The monoisotopic (exact) mass is 308 g/mol. The average molecular weight is 308 g/mol. The van der Waals surface area contributed by atoms with Crippen LogP contribution in [0.5, 0.6) is 0 Å². The van der Waals surface area contributed by atoms with Crippen molar-refractivity contribution in [2.45, 2.75) is 36.9 Å². The molecular formula is C13H16N4OS2. The molecule has 1 aliphatic carbocycles. The van der Waals surface area contributed by atoms with E-state index < -0.39 is 0 Å². The molecule has 0 saturated heterocycles. The number of aromatic nitrogens is 3. The van der Waals surface area contributed by atoms with Gasteiger partial charge >= 0.3 is 0 Å². The lowest BCUT2D eigenvalue weighted by atomic mass is 10.2. The molecule has 0 atom stereocenters. The third-order valence-corrected chi connectivity index (χ3v) is 5.00. The molecule has 7 heteroatoms. The fourth-order valence-electron chi connectivity index (χ4n) is 2.30. The van der Waals surface area contributed by atoms with E-state index in [2.05, 4.69) is 20.5 Å². The number of carbonyl (C=O) groups excluding carboxylic acids is 1. The molecule has 1 aliphatic rings. The van der Waals surface area contributed by atoms with Crippen LogP contribution in [-0.2, 0) is 4.79 Å². The second kappa shape index (κ2) is 6.41. The minimum absolute atomic E-state index is 0.0735. The molecule has 0 aromatic carbocycles. The summed E-state index contributed by atoms with van der Waals surface area (Å²) in [6, 6.07) is 4.34. The fourth-order valence-corrected chi connectivity index (χ4v) is 3.58. The number of thioether (sulfide) groups is 1. The summed E-state index contributed by atoms with van der Waals surface area (Å²) in [5.41, 5.74) is 0. The number of thiophene rings is 1. The number of nitrogens with one attached hydrogen (secondary N) is 2. The van der Waals surface area contributed by atoms with Crippen LogP contribution in [0.4, 0.5) is 0 Å². The van der Waals surface area contributed by atoms with Crippen molar-refractivity contribution in [3.05, 3.63) is 17.5 Å². The van der Waals surface area contributed by atoms with Crippen LogP contribution in [0.25, 0.3) is 10.7 Å². The van der Waals surface area contributed by atoms with Gasteiger partial charge in [0.05, 0.1) is 10.6 Å². The molecule has 5 nitrogen and oxygen atoms in total. The lowest BCUT2D eigenvalue weighted by Crippen LogP contribution is -2.33. The van der Waals surface area contributed by atoms with Gasteiger partial charge in [0.2, 0.25) is 11.1 Å². The SMILES string of the molecule is O=C(CSc1n[nH]c(-c2cccs2)n1)NC1CCCC1.